The van der Waals surface area contributed by atoms with Crippen LogP contribution in [0.1, 0.15) is 39.0 Å². The molecule has 0 saturated carbocycles. The van der Waals surface area contributed by atoms with Crippen molar-refractivity contribution in [3.8, 4) is 0 Å². The minimum atomic E-state index is -0.815. The Balaban J connectivity index is 2.18. The van der Waals surface area contributed by atoms with Gasteiger partial charge in [0.1, 0.15) is 0 Å². The number of carboxylic acid groups (broad SMARTS) is 1. The molecule has 1 amide bonds. The average molecular weight is 243 g/mol. The van der Waals surface area contributed by atoms with Crippen LogP contribution in [0, 0.1) is 5.92 Å². The molecule has 98 valence electrons. The number of aliphatic carboxylic acids is 1. The number of rotatable bonds is 7. The first-order valence-electron chi connectivity index (χ1n) is 6.22. The van der Waals surface area contributed by atoms with Crippen molar-refractivity contribution in [3.63, 3.8) is 0 Å². The number of hydrogen-bond acceptors (Lipinski definition) is 3. The van der Waals surface area contributed by atoms with Crippen molar-refractivity contribution in [2.24, 2.45) is 5.92 Å². The SMILES string of the molecule is CCC(CNC(=O)CC1CCCO1)CC(=O)O. The van der Waals surface area contributed by atoms with Crippen LogP contribution in [0.5, 0.6) is 0 Å². The van der Waals surface area contributed by atoms with Crippen LogP contribution < -0.4 is 5.32 Å². The summed E-state index contributed by atoms with van der Waals surface area (Å²) >= 11 is 0. The van der Waals surface area contributed by atoms with Gasteiger partial charge in [0.05, 0.1) is 12.5 Å². The second-order valence-corrected chi connectivity index (χ2v) is 4.52. The van der Waals surface area contributed by atoms with Crippen molar-refractivity contribution >= 4 is 11.9 Å². The van der Waals surface area contributed by atoms with Gasteiger partial charge in [-0.05, 0) is 18.8 Å². The molecule has 1 aliphatic rings. The van der Waals surface area contributed by atoms with Crippen LogP contribution in [0.4, 0.5) is 0 Å². The first-order valence-corrected chi connectivity index (χ1v) is 6.22. The second-order valence-electron chi connectivity index (χ2n) is 4.52. The van der Waals surface area contributed by atoms with E-state index >= 15 is 0 Å². The molecular formula is C12H21NO4. The molecular weight excluding hydrogens is 222 g/mol. The quantitative estimate of drug-likeness (QED) is 0.704. The smallest absolute Gasteiger partial charge is 0.303 e. The first-order chi connectivity index (χ1) is 8.11. The Morgan fingerprint density at radius 2 is 2.29 bits per heavy atom. The maximum atomic E-state index is 11.6. The van der Waals surface area contributed by atoms with Gasteiger partial charge < -0.3 is 15.2 Å². The molecule has 17 heavy (non-hydrogen) atoms. The van der Waals surface area contributed by atoms with Crippen LogP contribution in [-0.2, 0) is 14.3 Å². The van der Waals surface area contributed by atoms with E-state index in [-0.39, 0.29) is 24.3 Å². The molecule has 0 bridgehead atoms. The third kappa shape index (κ3) is 5.68. The van der Waals surface area contributed by atoms with Crippen LogP contribution in [0.25, 0.3) is 0 Å². The first kappa shape index (κ1) is 14.0. The Hall–Kier alpha value is -1.10. The Labute approximate surface area is 102 Å². The lowest BCUT2D eigenvalue weighted by atomic mass is 10.0. The highest BCUT2D eigenvalue weighted by atomic mass is 16.5. The summed E-state index contributed by atoms with van der Waals surface area (Å²) in [5.41, 5.74) is 0. The molecule has 0 aromatic rings. The van der Waals surface area contributed by atoms with Crippen molar-refractivity contribution in [2.75, 3.05) is 13.2 Å². The van der Waals surface area contributed by atoms with Gasteiger partial charge in [0.2, 0.25) is 5.91 Å². The summed E-state index contributed by atoms with van der Waals surface area (Å²) < 4.78 is 5.37. The predicted molar refractivity (Wildman–Crippen MR) is 62.6 cm³/mol. The van der Waals surface area contributed by atoms with E-state index < -0.39 is 5.97 Å². The van der Waals surface area contributed by atoms with E-state index in [0.29, 0.717) is 13.0 Å². The van der Waals surface area contributed by atoms with Crippen LogP contribution in [0.2, 0.25) is 0 Å². The predicted octanol–water partition coefficient (Wildman–Crippen LogP) is 1.17. The van der Waals surface area contributed by atoms with Crippen LogP contribution >= 0.6 is 0 Å². The Morgan fingerprint density at radius 1 is 1.53 bits per heavy atom. The van der Waals surface area contributed by atoms with Gasteiger partial charge in [0.15, 0.2) is 0 Å². The van der Waals surface area contributed by atoms with Gasteiger partial charge in [0.25, 0.3) is 0 Å². The van der Waals surface area contributed by atoms with Crippen molar-refractivity contribution in [1.82, 2.24) is 5.32 Å². The van der Waals surface area contributed by atoms with E-state index in [4.69, 9.17) is 9.84 Å². The van der Waals surface area contributed by atoms with Crippen LogP contribution in [0.15, 0.2) is 0 Å². The number of carboxylic acids is 1. The lowest BCUT2D eigenvalue weighted by Crippen LogP contribution is -2.32. The number of carbonyl (C=O) groups is 2. The number of hydrogen-bond donors (Lipinski definition) is 2. The molecule has 2 atom stereocenters. The lowest BCUT2D eigenvalue weighted by molar-refractivity contribution is -0.138. The van der Waals surface area contributed by atoms with E-state index in [1.54, 1.807) is 0 Å². The van der Waals surface area contributed by atoms with E-state index in [1.807, 2.05) is 6.92 Å². The van der Waals surface area contributed by atoms with Gasteiger partial charge in [-0.2, -0.15) is 0 Å². The van der Waals surface area contributed by atoms with Gasteiger partial charge in [-0.25, -0.2) is 0 Å². The van der Waals surface area contributed by atoms with Gasteiger partial charge in [0, 0.05) is 19.6 Å². The number of nitrogens with one attached hydrogen (secondary N) is 1. The van der Waals surface area contributed by atoms with E-state index in [2.05, 4.69) is 5.32 Å². The van der Waals surface area contributed by atoms with Gasteiger partial charge in [-0.1, -0.05) is 13.3 Å². The molecule has 0 radical (unpaired) electrons. The number of amides is 1. The lowest BCUT2D eigenvalue weighted by Gasteiger charge is -2.14. The monoisotopic (exact) mass is 243 g/mol. The van der Waals surface area contributed by atoms with Crippen molar-refractivity contribution in [1.29, 1.82) is 0 Å². The van der Waals surface area contributed by atoms with Crippen molar-refractivity contribution < 1.29 is 19.4 Å². The van der Waals surface area contributed by atoms with Gasteiger partial charge in [-0.15, -0.1) is 0 Å². The summed E-state index contributed by atoms with van der Waals surface area (Å²) in [5, 5.41) is 11.5. The average Bonchev–Trinajstić information content (AvgIpc) is 2.76. The fraction of sp³-hybridized carbons (Fsp3) is 0.833. The van der Waals surface area contributed by atoms with Crippen LogP contribution in [-0.4, -0.2) is 36.2 Å². The van der Waals surface area contributed by atoms with E-state index in [9.17, 15) is 9.59 Å². The third-order valence-corrected chi connectivity index (χ3v) is 3.07. The molecule has 0 spiro atoms. The number of carbonyl (C=O) groups excluding carboxylic acids is 1. The molecule has 2 unspecified atom stereocenters. The fourth-order valence-corrected chi connectivity index (χ4v) is 1.95. The summed E-state index contributed by atoms with van der Waals surface area (Å²) in [4.78, 5) is 22.1. The minimum absolute atomic E-state index is 0.0148. The second kappa shape index (κ2) is 7.27. The summed E-state index contributed by atoms with van der Waals surface area (Å²) in [7, 11) is 0. The maximum absolute atomic E-state index is 11.6. The summed E-state index contributed by atoms with van der Waals surface area (Å²) in [6.07, 6.45) is 3.27. The highest BCUT2D eigenvalue weighted by molar-refractivity contribution is 5.76. The molecule has 0 aromatic heterocycles. The maximum Gasteiger partial charge on any atom is 0.303 e. The Bertz CT molecular complexity index is 261. The van der Waals surface area contributed by atoms with E-state index in [0.717, 1.165) is 25.9 Å². The molecule has 5 nitrogen and oxygen atoms in total. The largest absolute Gasteiger partial charge is 0.481 e. The summed E-state index contributed by atoms with van der Waals surface area (Å²) in [6, 6.07) is 0. The van der Waals surface area contributed by atoms with E-state index in [1.165, 1.54) is 0 Å². The zero-order valence-electron chi connectivity index (χ0n) is 10.3. The Kier molecular flexibility index (Phi) is 5.97. The highest BCUT2D eigenvalue weighted by Crippen LogP contribution is 2.15. The van der Waals surface area contributed by atoms with Crippen molar-refractivity contribution in [3.05, 3.63) is 0 Å². The normalized spacial score (nSPS) is 21.1. The van der Waals surface area contributed by atoms with Gasteiger partial charge >= 0.3 is 5.97 Å². The molecule has 1 heterocycles. The molecule has 0 aromatic carbocycles. The topological polar surface area (TPSA) is 75.6 Å². The number of ether oxygens (including phenoxy) is 1. The molecule has 5 heteroatoms. The minimum Gasteiger partial charge on any atom is -0.481 e. The third-order valence-electron chi connectivity index (χ3n) is 3.07. The summed E-state index contributed by atoms with van der Waals surface area (Å²) in [6.45, 7) is 3.11. The fourth-order valence-electron chi connectivity index (χ4n) is 1.95. The zero-order chi connectivity index (χ0) is 12.7. The highest BCUT2D eigenvalue weighted by Gasteiger charge is 2.19. The van der Waals surface area contributed by atoms with Crippen molar-refractivity contribution in [2.45, 2.75) is 45.1 Å². The summed E-state index contributed by atoms with van der Waals surface area (Å²) in [5.74, 6) is -0.841. The zero-order valence-corrected chi connectivity index (χ0v) is 10.3. The molecule has 1 saturated heterocycles. The van der Waals surface area contributed by atoms with Gasteiger partial charge in [-0.3, -0.25) is 9.59 Å². The molecule has 1 fully saturated rings. The molecule has 2 N–H and O–H groups in total. The molecule has 1 rings (SSSR count). The standard InChI is InChI=1S/C12H21NO4/c1-2-9(6-12(15)16)8-13-11(14)7-10-4-3-5-17-10/h9-10H,2-8H2,1H3,(H,13,14)(H,15,16). The van der Waals surface area contributed by atoms with Crippen LogP contribution in [0.3, 0.4) is 0 Å². The Morgan fingerprint density at radius 3 is 2.82 bits per heavy atom. The molecule has 0 aliphatic carbocycles. The molecule has 1 aliphatic heterocycles.